The molecule has 1 heterocycles. The van der Waals surface area contributed by atoms with Gasteiger partial charge in [-0.05, 0) is 43.5 Å². The average Bonchev–Trinajstić information content (AvgIpc) is 2.40. The summed E-state index contributed by atoms with van der Waals surface area (Å²) in [5.74, 6) is 0.830. The number of aliphatic hydroxyl groups excluding tert-OH is 1. The van der Waals surface area contributed by atoms with Crippen LogP contribution in [0.5, 0.6) is 5.75 Å². The SMILES string of the molecule is COc1ccc(C(O)C[C@H]2CCCCN2)cc1. The van der Waals surface area contributed by atoms with Crippen molar-refractivity contribution in [1.29, 1.82) is 0 Å². The van der Waals surface area contributed by atoms with Gasteiger partial charge in [-0.1, -0.05) is 18.6 Å². The fraction of sp³-hybridized carbons (Fsp3) is 0.571. The molecular weight excluding hydrogens is 214 g/mol. The molecule has 1 aliphatic rings. The van der Waals surface area contributed by atoms with Gasteiger partial charge in [0, 0.05) is 6.04 Å². The predicted octanol–water partition coefficient (Wildman–Crippen LogP) is 2.26. The highest BCUT2D eigenvalue weighted by Gasteiger charge is 2.17. The van der Waals surface area contributed by atoms with Crippen molar-refractivity contribution in [2.75, 3.05) is 13.7 Å². The van der Waals surface area contributed by atoms with Crippen LogP contribution < -0.4 is 10.1 Å². The normalized spacial score (nSPS) is 22.1. The molecule has 0 amide bonds. The van der Waals surface area contributed by atoms with Crippen LogP contribution >= 0.6 is 0 Å². The second-order valence-electron chi connectivity index (χ2n) is 4.67. The number of rotatable bonds is 4. The average molecular weight is 235 g/mol. The van der Waals surface area contributed by atoms with Gasteiger partial charge in [-0.2, -0.15) is 0 Å². The number of aliphatic hydroxyl groups is 1. The summed E-state index contributed by atoms with van der Waals surface area (Å²) in [7, 11) is 1.65. The summed E-state index contributed by atoms with van der Waals surface area (Å²) in [6.45, 7) is 1.08. The van der Waals surface area contributed by atoms with Gasteiger partial charge in [0.25, 0.3) is 0 Å². The zero-order valence-corrected chi connectivity index (χ0v) is 10.4. The molecule has 1 fully saturated rings. The fourth-order valence-corrected chi connectivity index (χ4v) is 2.36. The van der Waals surface area contributed by atoms with Crippen molar-refractivity contribution in [3.63, 3.8) is 0 Å². The molecule has 0 bridgehead atoms. The first-order chi connectivity index (χ1) is 8.29. The van der Waals surface area contributed by atoms with Crippen LogP contribution in [0.25, 0.3) is 0 Å². The highest BCUT2D eigenvalue weighted by Crippen LogP contribution is 2.23. The zero-order valence-electron chi connectivity index (χ0n) is 10.4. The molecule has 2 atom stereocenters. The molecule has 0 radical (unpaired) electrons. The van der Waals surface area contributed by atoms with Crippen LogP contribution in [0, 0.1) is 0 Å². The second kappa shape index (κ2) is 6.03. The van der Waals surface area contributed by atoms with Gasteiger partial charge in [0.15, 0.2) is 0 Å². The highest BCUT2D eigenvalue weighted by atomic mass is 16.5. The summed E-state index contributed by atoms with van der Waals surface area (Å²) in [4.78, 5) is 0. The summed E-state index contributed by atoms with van der Waals surface area (Å²) in [6, 6.07) is 8.12. The smallest absolute Gasteiger partial charge is 0.118 e. The van der Waals surface area contributed by atoms with E-state index in [2.05, 4.69) is 5.32 Å². The van der Waals surface area contributed by atoms with Crippen LogP contribution in [0.15, 0.2) is 24.3 Å². The molecule has 0 spiro atoms. The Bertz CT molecular complexity index is 331. The summed E-state index contributed by atoms with van der Waals surface area (Å²) < 4.78 is 5.10. The fourth-order valence-electron chi connectivity index (χ4n) is 2.36. The maximum atomic E-state index is 10.2. The van der Waals surface area contributed by atoms with E-state index in [-0.39, 0.29) is 6.10 Å². The van der Waals surface area contributed by atoms with Crippen LogP contribution in [-0.2, 0) is 0 Å². The molecule has 94 valence electrons. The molecule has 17 heavy (non-hydrogen) atoms. The van der Waals surface area contributed by atoms with E-state index in [9.17, 15) is 5.11 Å². The lowest BCUT2D eigenvalue weighted by Crippen LogP contribution is -2.35. The van der Waals surface area contributed by atoms with Gasteiger partial charge in [0.1, 0.15) is 5.75 Å². The van der Waals surface area contributed by atoms with Crippen molar-refractivity contribution in [2.24, 2.45) is 0 Å². The Balaban J connectivity index is 1.91. The minimum Gasteiger partial charge on any atom is -0.497 e. The maximum absolute atomic E-state index is 10.2. The summed E-state index contributed by atoms with van der Waals surface area (Å²) >= 11 is 0. The molecule has 2 N–H and O–H groups in total. The standard InChI is InChI=1S/C14H21NO2/c1-17-13-7-5-11(6-8-13)14(16)10-12-4-2-3-9-15-12/h5-8,12,14-16H,2-4,9-10H2,1H3/t12-,14?/m1/s1. The number of piperidine rings is 1. The number of methoxy groups -OCH3 is 1. The van der Waals surface area contributed by atoms with Gasteiger partial charge in [0.05, 0.1) is 13.2 Å². The Hall–Kier alpha value is -1.06. The van der Waals surface area contributed by atoms with E-state index < -0.39 is 0 Å². The molecule has 3 heteroatoms. The summed E-state index contributed by atoms with van der Waals surface area (Å²) in [5.41, 5.74) is 0.971. The first-order valence-corrected chi connectivity index (χ1v) is 6.35. The van der Waals surface area contributed by atoms with Gasteiger partial charge in [-0.25, -0.2) is 0 Å². The van der Waals surface area contributed by atoms with Crippen LogP contribution in [0.4, 0.5) is 0 Å². The van der Waals surface area contributed by atoms with Crippen LogP contribution in [0.3, 0.4) is 0 Å². The van der Waals surface area contributed by atoms with Crippen molar-refractivity contribution in [1.82, 2.24) is 5.32 Å². The monoisotopic (exact) mass is 235 g/mol. The minimum atomic E-state index is -0.378. The van der Waals surface area contributed by atoms with E-state index >= 15 is 0 Å². The third-order valence-corrected chi connectivity index (χ3v) is 3.42. The van der Waals surface area contributed by atoms with Crippen molar-refractivity contribution in [3.05, 3.63) is 29.8 Å². The van der Waals surface area contributed by atoms with Gasteiger partial charge in [0.2, 0.25) is 0 Å². The van der Waals surface area contributed by atoms with Crippen LogP contribution in [0.2, 0.25) is 0 Å². The molecule has 2 rings (SSSR count). The number of hydrogen-bond acceptors (Lipinski definition) is 3. The lowest BCUT2D eigenvalue weighted by molar-refractivity contribution is 0.144. The van der Waals surface area contributed by atoms with Crippen LogP contribution in [-0.4, -0.2) is 24.8 Å². The van der Waals surface area contributed by atoms with E-state index in [0.717, 1.165) is 24.3 Å². The Morgan fingerprint density at radius 2 is 2.12 bits per heavy atom. The minimum absolute atomic E-state index is 0.378. The summed E-state index contributed by atoms with van der Waals surface area (Å²) in [5, 5.41) is 13.6. The molecule has 3 nitrogen and oxygen atoms in total. The molecule has 1 saturated heterocycles. The third-order valence-electron chi connectivity index (χ3n) is 3.42. The van der Waals surface area contributed by atoms with E-state index in [4.69, 9.17) is 4.74 Å². The van der Waals surface area contributed by atoms with Crippen molar-refractivity contribution in [2.45, 2.75) is 37.8 Å². The number of hydrogen-bond donors (Lipinski definition) is 2. The maximum Gasteiger partial charge on any atom is 0.118 e. The van der Waals surface area contributed by atoms with E-state index in [0.29, 0.717) is 6.04 Å². The largest absolute Gasteiger partial charge is 0.497 e. The van der Waals surface area contributed by atoms with E-state index in [1.54, 1.807) is 7.11 Å². The second-order valence-corrected chi connectivity index (χ2v) is 4.67. The molecule has 1 aliphatic heterocycles. The first-order valence-electron chi connectivity index (χ1n) is 6.35. The van der Waals surface area contributed by atoms with Crippen molar-refractivity contribution in [3.8, 4) is 5.75 Å². The number of ether oxygens (including phenoxy) is 1. The van der Waals surface area contributed by atoms with Gasteiger partial charge >= 0.3 is 0 Å². The molecule has 1 unspecified atom stereocenters. The summed E-state index contributed by atoms with van der Waals surface area (Å²) in [6.07, 6.45) is 4.12. The third kappa shape index (κ3) is 3.45. The Kier molecular flexibility index (Phi) is 4.40. The lowest BCUT2D eigenvalue weighted by Gasteiger charge is -2.25. The highest BCUT2D eigenvalue weighted by molar-refractivity contribution is 5.28. The Morgan fingerprint density at radius 1 is 1.35 bits per heavy atom. The predicted molar refractivity (Wildman–Crippen MR) is 68.2 cm³/mol. The van der Waals surface area contributed by atoms with Gasteiger partial charge in [-0.15, -0.1) is 0 Å². The van der Waals surface area contributed by atoms with E-state index in [1.165, 1.54) is 19.3 Å². The first kappa shape index (κ1) is 12.4. The lowest BCUT2D eigenvalue weighted by atomic mass is 9.96. The molecular formula is C14H21NO2. The number of benzene rings is 1. The molecule has 1 aromatic carbocycles. The van der Waals surface area contributed by atoms with Crippen LogP contribution in [0.1, 0.15) is 37.4 Å². The molecule has 0 aromatic heterocycles. The van der Waals surface area contributed by atoms with E-state index in [1.807, 2.05) is 24.3 Å². The van der Waals surface area contributed by atoms with Gasteiger partial charge in [-0.3, -0.25) is 0 Å². The van der Waals surface area contributed by atoms with Gasteiger partial charge < -0.3 is 15.2 Å². The molecule has 0 aliphatic carbocycles. The topological polar surface area (TPSA) is 41.5 Å². The Morgan fingerprint density at radius 3 is 2.71 bits per heavy atom. The quantitative estimate of drug-likeness (QED) is 0.841. The molecule has 1 aromatic rings. The Labute approximate surface area is 103 Å². The number of nitrogens with one attached hydrogen (secondary N) is 1. The zero-order chi connectivity index (χ0) is 12.1. The van der Waals surface area contributed by atoms with Crippen molar-refractivity contribution < 1.29 is 9.84 Å². The molecule has 0 saturated carbocycles. The van der Waals surface area contributed by atoms with Crippen molar-refractivity contribution >= 4 is 0 Å².